The second-order valence-corrected chi connectivity index (χ2v) is 30.3. The Morgan fingerprint density at radius 2 is 0.984 bits per heavy atom. The van der Waals surface area contributed by atoms with Crippen molar-refractivity contribution < 1.29 is 53.1 Å². The second kappa shape index (κ2) is 42.6. The monoisotopic (exact) mass is 1070 g/mol. The predicted octanol–water partition coefficient (Wildman–Crippen LogP) is 7.66. The average molecular weight is 1070 g/mol. The molecule has 0 amide bonds. The van der Waals surface area contributed by atoms with Crippen molar-refractivity contribution >= 4 is 90.4 Å². The summed E-state index contributed by atoms with van der Waals surface area (Å²) < 4.78 is 7.39. The SMILES string of the molecule is CCC[CH2][Sn]([CH2]CCC)([CH2]CCC)[c]1ccnnc1.CCc1ccc(-c2ccnnc2)s1.CCc1ccc(Br)s1.O=C=O.O=C=O.O=C=O.[Li+].[OH-].c1csc(-c2ccnnc2)c1. The standard InChI is InChI=1S/C10H10N2S.C8H6N2S.C6H7BrS.C4H3N2.3C4H9.3CO2.Li.H2O.Sn/c1-2-9-3-4-10(13-9)8-5-6-11-12-7-8;1-2-8(11-5-1)7-3-4-9-10-6-7;1-2-5-3-4-6(7)8-5;1-2-4-6-5-3-1;3*1-3-4-2;3*2-1-3;;;/h3-7H,2H2,1H3;1-6H;3-4H,2H2,1H3;1,3-4H;3*1,3-4H2,2H3;;;;;1H2;/q;;;;;;;;;;+1;;/p-1. The Hall–Kier alpha value is -3.68. The van der Waals surface area contributed by atoms with Crippen molar-refractivity contribution in [3.63, 3.8) is 0 Å². The maximum Gasteiger partial charge on any atom is 1.00 e. The Labute approximate surface area is 401 Å². The van der Waals surface area contributed by atoms with Gasteiger partial charge < -0.3 is 5.48 Å². The Kier molecular flexibility index (Phi) is 43.0. The normalized spacial score (nSPS) is 9.13. The Morgan fingerprint density at radius 3 is 1.31 bits per heavy atom. The fraction of sp³-hybridized carbons (Fsp3) is 0.372. The smallest absolute Gasteiger partial charge is 0.870 e. The van der Waals surface area contributed by atoms with Gasteiger partial charge in [-0.3, -0.25) is 0 Å². The summed E-state index contributed by atoms with van der Waals surface area (Å²) in [5, 5.41) is 25.3. The van der Waals surface area contributed by atoms with Crippen molar-refractivity contribution in [1.82, 2.24) is 30.6 Å². The molecular formula is C43H54BrLiN6O7S3Sn. The van der Waals surface area contributed by atoms with E-state index >= 15 is 0 Å². The molecule has 0 unspecified atom stereocenters. The fourth-order valence-electron chi connectivity index (χ4n) is 5.54. The van der Waals surface area contributed by atoms with Gasteiger partial charge in [0.05, 0.1) is 28.6 Å². The Morgan fingerprint density at radius 1 is 0.548 bits per heavy atom. The molecule has 0 spiro atoms. The van der Waals surface area contributed by atoms with Crippen LogP contribution >= 0.6 is 49.9 Å². The molecule has 0 aliphatic rings. The van der Waals surface area contributed by atoms with Crippen molar-refractivity contribution in [3.05, 3.63) is 111 Å². The van der Waals surface area contributed by atoms with Gasteiger partial charge in [0, 0.05) is 30.6 Å². The molecule has 6 rings (SSSR count). The average Bonchev–Trinajstić information content (AvgIpc) is 4.10. The van der Waals surface area contributed by atoms with Crippen molar-refractivity contribution in [3.8, 4) is 20.9 Å². The molecule has 0 radical (unpaired) electrons. The minimum Gasteiger partial charge on any atom is -0.870 e. The molecule has 0 fully saturated rings. The number of hydrogen-bond acceptors (Lipinski definition) is 16. The summed E-state index contributed by atoms with van der Waals surface area (Å²) in [5.41, 5.74) is 2.29. The molecule has 62 heavy (non-hydrogen) atoms. The second-order valence-electron chi connectivity index (χ2n) is 12.4. The van der Waals surface area contributed by atoms with Gasteiger partial charge in [-0.15, -0.1) is 34.0 Å². The number of hydrogen-bond donors (Lipinski definition) is 0. The third-order valence-corrected chi connectivity index (χ3v) is 28.0. The van der Waals surface area contributed by atoms with E-state index in [0.717, 1.165) is 24.0 Å². The van der Waals surface area contributed by atoms with Gasteiger partial charge in [0.25, 0.3) is 0 Å². The van der Waals surface area contributed by atoms with E-state index in [1.54, 1.807) is 51.0 Å². The molecule has 0 aromatic carbocycles. The predicted molar refractivity (Wildman–Crippen MR) is 245 cm³/mol. The Bertz CT molecular complexity index is 1970. The van der Waals surface area contributed by atoms with Crippen molar-refractivity contribution in [2.24, 2.45) is 0 Å². The molecule has 6 heterocycles. The van der Waals surface area contributed by atoms with E-state index in [1.165, 1.54) is 75.1 Å². The molecule has 19 heteroatoms. The van der Waals surface area contributed by atoms with Crippen LogP contribution in [0.1, 0.15) is 82.9 Å². The summed E-state index contributed by atoms with van der Waals surface area (Å²) in [7, 11) is 0. The van der Waals surface area contributed by atoms with Gasteiger partial charge in [-0.05, 0) is 76.6 Å². The zero-order valence-corrected chi connectivity index (χ0v) is 43.1. The van der Waals surface area contributed by atoms with E-state index in [1.807, 2.05) is 35.7 Å². The van der Waals surface area contributed by atoms with Gasteiger partial charge in [0.1, 0.15) is 0 Å². The minimum atomic E-state index is -2.20. The van der Waals surface area contributed by atoms with Crippen LogP contribution in [0.15, 0.2) is 101 Å². The van der Waals surface area contributed by atoms with Gasteiger partial charge in [0.2, 0.25) is 0 Å². The molecule has 0 aliphatic heterocycles. The van der Waals surface area contributed by atoms with Crippen LogP contribution in [0.5, 0.6) is 0 Å². The summed E-state index contributed by atoms with van der Waals surface area (Å²) >= 11 is 6.52. The molecule has 328 valence electrons. The maximum atomic E-state index is 8.12. The van der Waals surface area contributed by atoms with Crippen LogP contribution in [-0.2, 0) is 41.6 Å². The van der Waals surface area contributed by atoms with Crippen LogP contribution in [0.4, 0.5) is 0 Å². The molecule has 0 bridgehead atoms. The molecule has 13 nitrogen and oxygen atoms in total. The van der Waals surface area contributed by atoms with E-state index in [-0.39, 0.29) is 42.8 Å². The molecule has 0 atom stereocenters. The topological polar surface area (TPSA) is 210 Å². The zero-order chi connectivity index (χ0) is 44.7. The van der Waals surface area contributed by atoms with E-state index < -0.39 is 18.4 Å². The summed E-state index contributed by atoms with van der Waals surface area (Å²) in [5.74, 6) is 0. The summed E-state index contributed by atoms with van der Waals surface area (Å²) in [6.45, 7) is 11.3. The van der Waals surface area contributed by atoms with Crippen LogP contribution in [0.3, 0.4) is 0 Å². The first kappa shape index (κ1) is 62.6. The molecule has 0 saturated carbocycles. The van der Waals surface area contributed by atoms with Crippen LogP contribution in [0.25, 0.3) is 20.9 Å². The number of aryl methyl sites for hydroxylation is 2. The number of unbranched alkanes of at least 4 members (excludes halogenated alkanes) is 3. The first-order valence-electron chi connectivity index (χ1n) is 19.4. The van der Waals surface area contributed by atoms with Crippen LogP contribution < -0.4 is 22.4 Å². The summed E-state index contributed by atoms with van der Waals surface area (Å²) in [6.07, 6.45) is 22.2. The number of thiophene rings is 3. The first-order chi connectivity index (χ1) is 29.2. The number of halogens is 1. The van der Waals surface area contributed by atoms with Gasteiger partial charge in [-0.25, -0.2) is 0 Å². The number of carbonyl (C=O) groups excluding carboxylic acids is 6. The van der Waals surface area contributed by atoms with Crippen molar-refractivity contribution in [1.29, 1.82) is 0 Å². The van der Waals surface area contributed by atoms with E-state index in [2.05, 4.69) is 129 Å². The maximum absolute atomic E-state index is 8.12. The quantitative estimate of drug-likeness (QED) is 0.0961. The molecule has 0 aliphatic carbocycles. The number of nitrogens with zero attached hydrogens (tertiary/aromatic N) is 6. The van der Waals surface area contributed by atoms with Crippen molar-refractivity contribution in [2.75, 3.05) is 0 Å². The number of rotatable bonds is 14. The molecule has 0 saturated heterocycles. The summed E-state index contributed by atoms with van der Waals surface area (Å²) in [6, 6.07) is 18.9. The minimum absolute atomic E-state index is 0. The fourth-order valence-corrected chi connectivity index (χ4v) is 24.2. The molecule has 6 aromatic rings. The van der Waals surface area contributed by atoms with Crippen LogP contribution in [0.2, 0.25) is 13.3 Å². The molecular weight excluding hydrogens is 1010 g/mol. The summed E-state index contributed by atoms with van der Waals surface area (Å²) in [4.78, 5) is 54.1. The third-order valence-electron chi connectivity index (χ3n) is 8.47. The first-order valence-corrected chi connectivity index (χ1v) is 30.2. The van der Waals surface area contributed by atoms with Crippen molar-refractivity contribution in [2.45, 2.75) is 99.3 Å². The van der Waals surface area contributed by atoms with Gasteiger partial charge >= 0.3 is 161 Å². The van der Waals surface area contributed by atoms with E-state index in [9.17, 15) is 0 Å². The molecule has 1 N–H and O–H groups in total. The van der Waals surface area contributed by atoms with Crippen LogP contribution in [0, 0.1) is 0 Å². The third kappa shape index (κ3) is 28.1. The van der Waals surface area contributed by atoms with E-state index in [0.29, 0.717) is 0 Å². The largest absolute Gasteiger partial charge is 1.00 e. The Balaban J connectivity index is -0.000000716. The number of aromatic nitrogens is 6. The van der Waals surface area contributed by atoms with E-state index in [4.69, 9.17) is 28.8 Å². The van der Waals surface area contributed by atoms with Gasteiger partial charge in [-0.1, -0.05) is 19.9 Å². The zero-order valence-electron chi connectivity index (χ0n) is 36.2. The van der Waals surface area contributed by atoms with Gasteiger partial charge in [0.15, 0.2) is 0 Å². The van der Waals surface area contributed by atoms with Crippen LogP contribution in [-0.4, -0.2) is 72.9 Å². The molecule has 6 aromatic heterocycles. The van der Waals surface area contributed by atoms with Gasteiger partial charge in [-0.2, -0.15) is 49.2 Å².